The Labute approximate surface area is 406 Å². The summed E-state index contributed by atoms with van der Waals surface area (Å²) in [5.74, 6) is 0.961. The lowest BCUT2D eigenvalue weighted by Crippen LogP contribution is -2.37. The van der Waals surface area contributed by atoms with Crippen molar-refractivity contribution in [3.63, 3.8) is 0 Å². The third-order valence-electron chi connectivity index (χ3n) is 13.9. The molecule has 0 aliphatic heterocycles. The maximum Gasteiger partial charge on any atom is 0.149 e. The summed E-state index contributed by atoms with van der Waals surface area (Å²) < 4.78 is 4.68. The van der Waals surface area contributed by atoms with Crippen molar-refractivity contribution in [1.82, 2.24) is 19.1 Å². The van der Waals surface area contributed by atoms with Crippen LogP contribution in [0.25, 0.3) is 99.9 Å². The van der Waals surface area contributed by atoms with Crippen LogP contribution in [0.2, 0.25) is 19.6 Å². The van der Waals surface area contributed by atoms with Crippen molar-refractivity contribution in [2.75, 3.05) is 0 Å². The van der Waals surface area contributed by atoms with E-state index < -0.39 is 8.07 Å². The molecule has 0 saturated carbocycles. The van der Waals surface area contributed by atoms with Crippen molar-refractivity contribution in [2.24, 2.45) is 0 Å². The maximum atomic E-state index is 12.6. The molecule has 0 amide bonds. The molecule has 11 aromatic rings. The molecule has 11 rings (SSSR count). The SMILES string of the molecule is CC(C)(C)c1cc(-c2nc3c(-c4cccc(-c5nccc6c7c8ccccc8ccc7n(-c7ccccc7)c56)c4)cccc3n2-c2ccc([Si](C)(C)C)cc2-c2ccccc2)c(O)c(C(C)(C)C)c1. The summed E-state index contributed by atoms with van der Waals surface area (Å²) in [4.78, 5) is 10.9. The van der Waals surface area contributed by atoms with Gasteiger partial charge < -0.3 is 9.67 Å². The number of phenolic OH excluding ortho intramolecular Hbond substituents is 1. The number of aromatic nitrogens is 4. The molecule has 3 heterocycles. The molecule has 8 aromatic carbocycles. The van der Waals surface area contributed by atoms with E-state index in [4.69, 9.17) is 9.97 Å². The molecule has 0 atom stereocenters. The molecule has 1 N–H and O–H groups in total. The minimum Gasteiger partial charge on any atom is -0.507 e. The monoisotopic (exact) mass is 914 g/mol. The largest absolute Gasteiger partial charge is 0.507 e. The molecule has 69 heavy (non-hydrogen) atoms. The van der Waals surface area contributed by atoms with E-state index in [1.807, 2.05) is 6.20 Å². The Morgan fingerprint density at radius 1 is 0.522 bits per heavy atom. The summed E-state index contributed by atoms with van der Waals surface area (Å²) in [7, 11) is -1.72. The average molecular weight is 915 g/mol. The number of fused-ring (bicyclic) bond motifs is 6. The maximum absolute atomic E-state index is 12.6. The Hall–Kier alpha value is -7.54. The second-order valence-corrected chi connectivity index (χ2v) is 26.8. The minimum absolute atomic E-state index is 0.185. The first-order valence-corrected chi connectivity index (χ1v) is 27.6. The number of hydrogen-bond acceptors (Lipinski definition) is 3. The molecule has 0 aliphatic carbocycles. The van der Waals surface area contributed by atoms with Crippen molar-refractivity contribution in [3.05, 3.63) is 193 Å². The van der Waals surface area contributed by atoms with Crippen LogP contribution >= 0.6 is 0 Å². The van der Waals surface area contributed by atoms with Gasteiger partial charge in [-0.2, -0.15) is 0 Å². The molecule has 0 unspecified atom stereocenters. The van der Waals surface area contributed by atoms with Gasteiger partial charge in [0, 0.05) is 44.9 Å². The van der Waals surface area contributed by atoms with Crippen LogP contribution in [-0.2, 0) is 10.8 Å². The average Bonchev–Trinajstić information content (AvgIpc) is 3.90. The zero-order chi connectivity index (χ0) is 48.0. The first kappa shape index (κ1) is 44.0. The van der Waals surface area contributed by atoms with Gasteiger partial charge in [-0.05, 0) is 86.8 Å². The van der Waals surface area contributed by atoms with Crippen LogP contribution in [0.1, 0.15) is 52.7 Å². The summed E-state index contributed by atoms with van der Waals surface area (Å²) in [6.07, 6.45) is 1.96. The Morgan fingerprint density at radius 3 is 1.96 bits per heavy atom. The molecular weight excluding hydrogens is 857 g/mol. The molecule has 3 aromatic heterocycles. The van der Waals surface area contributed by atoms with Crippen LogP contribution in [0.4, 0.5) is 0 Å². The standard InChI is InChI=1S/C63H58N4OSi/c1-62(2,3)44-37-51(60(68)52(38-44)63(4,5)6)61-65-58-48(28-19-29-55(58)67(61)53-33-31-46(69(7,8)9)39-50(53)40-20-12-10-13-21-40)42-23-18-24-43(36-42)57-59-49(34-35-64-57)56-47-27-17-16-22-41(47)30-32-54(56)66(59)45-25-14-11-15-26-45/h10-39,68H,1-9H3. The molecule has 6 heteroatoms. The van der Waals surface area contributed by atoms with E-state index in [0.29, 0.717) is 11.4 Å². The summed E-state index contributed by atoms with van der Waals surface area (Å²) in [6, 6.07) is 63.3. The second kappa shape index (κ2) is 16.3. The van der Waals surface area contributed by atoms with Crippen molar-refractivity contribution in [3.8, 4) is 62.0 Å². The lowest BCUT2D eigenvalue weighted by molar-refractivity contribution is 0.446. The molecule has 5 nitrogen and oxygen atoms in total. The zero-order valence-corrected chi connectivity index (χ0v) is 42.1. The van der Waals surface area contributed by atoms with Gasteiger partial charge in [0.2, 0.25) is 0 Å². The van der Waals surface area contributed by atoms with Crippen LogP contribution in [0.3, 0.4) is 0 Å². The number of nitrogens with zero attached hydrogens (tertiary/aromatic N) is 4. The van der Waals surface area contributed by atoms with Gasteiger partial charge in [0.15, 0.2) is 0 Å². The van der Waals surface area contributed by atoms with Gasteiger partial charge in [-0.25, -0.2) is 4.98 Å². The summed E-state index contributed by atoms with van der Waals surface area (Å²) >= 11 is 0. The Bertz CT molecular complexity index is 3790. The van der Waals surface area contributed by atoms with E-state index in [1.165, 1.54) is 21.3 Å². The Morgan fingerprint density at radius 2 is 1.22 bits per heavy atom. The van der Waals surface area contributed by atoms with Crippen LogP contribution in [0.15, 0.2) is 182 Å². The Balaban J connectivity index is 1.19. The molecule has 0 aliphatic rings. The van der Waals surface area contributed by atoms with Gasteiger partial charge >= 0.3 is 0 Å². The number of phenols is 1. The summed E-state index contributed by atoms with van der Waals surface area (Å²) in [5.41, 5.74) is 14.6. The highest BCUT2D eigenvalue weighted by molar-refractivity contribution is 6.88. The zero-order valence-electron chi connectivity index (χ0n) is 41.1. The van der Waals surface area contributed by atoms with Gasteiger partial charge in [0.25, 0.3) is 0 Å². The third kappa shape index (κ3) is 7.55. The van der Waals surface area contributed by atoms with Gasteiger partial charge in [-0.1, -0.05) is 194 Å². The van der Waals surface area contributed by atoms with E-state index in [9.17, 15) is 5.11 Å². The molecule has 0 bridgehead atoms. The van der Waals surface area contributed by atoms with Crippen molar-refractivity contribution < 1.29 is 5.11 Å². The number of aromatic hydroxyl groups is 1. The highest BCUT2D eigenvalue weighted by atomic mass is 28.3. The van der Waals surface area contributed by atoms with Crippen LogP contribution < -0.4 is 5.19 Å². The molecular formula is C63H58N4OSi. The van der Waals surface area contributed by atoms with Crippen LogP contribution in [-0.4, -0.2) is 32.3 Å². The van der Waals surface area contributed by atoms with Gasteiger partial charge in [-0.15, -0.1) is 0 Å². The second-order valence-electron chi connectivity index (χ2n) is 21.7. The van der Waals surface area contributed by atoms with Gasteiger partial charge in [0.1, 0.15) is 11.6 Å². The number of hydrogen-bond donors (Lipinski definition) is 1. The number of benzene rings is 8. The summed E-state index contributed by atoms with van der Waals surface area (Å²) in [5, 5.41) is 18.8. The number of pyridine rings is 1. The fraction of sp³-hybridized carbons (Fsp3) is 0.175. The van der Waals surface area contributed by atoms with Crippen LogP contribution in [0, 0.1) is 0 Å². The predicted octanol–water partition coefficient (Wildman–Crippen LogP) is 16.2. The molecule has 340 valence electrons. The van der Waals surface area contributed by atoms with Crippen molar-refractivity contribution in [1.29, 1.82) is 0 Å². The summed E-state index contributed by atoms with van der Waals surface area (Å²) in [6.45, 7) is 20.4. The fourth-order valence-electron chi connectivity index (χ4n) is 10.2. The first-order valence-electron chi connectivity index (χ1n) is 24.1. The quantitative estimate of drug-likeness (QED) is 0.162. The van der Waals surface area contributed by atoms with E-state index in [1.54, 1.807) is 0 Å². The molecule has 0 radical (unpaired) electrons. The van der Waals surface area contributed by atoms with Gasteiger partial charge in [-0.3, -0.25) is 9.55 Å². The fourth-order valence-corrected chi connectivity index (χ4v) is 11.4. The number of para-hydroxylation sites is 2. The smallest absolute Gasteiger partial charge is 0.149 e. The molecule has 0 spiro atoms. The van der Waals surface area contributed by atoms with Gasteiger partial charge in [0.05, 0.1) is 47.1 Å². The third-order valence-corrected chi connectivity index (χ3v) is 16.0. The minimum atomic E-state index is -1.72. The van der Waals surface area contributed by atoms with E-state index in [0.717, 1.165) is 83.5 Å². The lowest BCUT2D eigenvalue weighted by atomic mass is 9.79. The molecule has 0 saturated heterocycles. The predicted molar refractivity (Wildman–Crippen MR) is 294 cm³/mol. The number of rotatable bonds is 7. The highest BCUT2D eigenvalue weighted by Gasteiger charge is 2.30. The van der Waals surface area contributed by atoms with Crippen molar-refractivity contribution in [2.45, 2.75) is 72.0 Å². The van der Waals surface area contributed by atoms with Crippen LogP contribution in [0.5, 0.6) is 5.75 Å². The van der Waals surface area contributed by atoms with E-state index in [2.05, 4.69) is 246 Å². The lowest BCUT2D eigenvalue weighted by Gasteiger charge is -2.28. The van der Waals surface area contributed by atoms with E-state index in [-0.39, 0.29) is 16.6 Å². The first-order chi connectivity index (χ1) is 33.1. The van der Waals surface area contributed by atoms with Crippen molar-refractivity contribution >= 4 is 56.9 Å². The normalized spacial score (nSPS) is 12.5. The Kier molecular flexibility index (Phi) is 10.4. The molecule has 0 fully saturated rings. The highest BCUT2D eigenvalue weighted by Crippen LogP contribution is 2.46. The number of imidazole rings is 1. The topological polar surface area (TPSA) is 55.9 Å². The van der Waals surface area contributed by atoms with E-state index >= 15 is 0 Å².